The highest BCUT2D eigenvalue weighted by Crippen LogP contribution is 2.26. The molecule has 0 aliphatic carbocycles. The van der Waals surface area contributed by atoms with E-state index >= 15 is 0 Å². The normalized spacial score (nSPS) is 14.4. The maximum absolute atomic E-state index is 12.6. The molecule has 0 bridgehead atoms. The van der Waals surface area contributed by atoms with Crippen LogP contribution in [0.2, 0.25) is 0 Å². The van der Waals surface area contributed by atoms with Crippen LogP contribution in [-0.2, 0) is 9.59 Å². The molecule has 0 radical (unpaired) electrons. The second-order valence-corrected chi connectivity index (χ2v) is 6.25. The summed E-state index contributed by atoms with van der Waals surface area (Å²) in [6.07, 6.45) is 1.65. The largest absolute Gasteiger partial charge is 0.332 e. The van der Waals surface area contributed by atoms with Crippen molar-refractivity contribution in [2.45, 2.75) is 5.03 Å². The van der Waals surface area contributed by atoms with E-state index in [2.05, 4.69) is 4.98 Å². The molecular weight excluding hydrogens is 326 g/mol. The van der Waals surface area contributed by atoms with Gasteiger partial charge in [0, 0.05) is 13.2 Å². The molecule has 0 fully saturated rings. The number of carbonyl (C=O) groups excluding carboxylic acids is 3. The van der Waals surface area contributed by atoms with Crippen molar-refractivity contribution in [3.8, 4) is 0 Å². The van der Waals surface area contributed by atoms with E-state index in [-0.39, 0.29) is 24.1 Å². The van der Waals surface area contributed by atoms with E-state index in [1.54, 1.807) is 49.6 Å². The monoisotopic (exact) mass is 341 g/mol. The van der Waals surface area contributed by atoms with Crippen LogP contribution in [0, 0.1) is 0 Å². The highest BCUT2D eigenvalue weighted by atomic mass is 32.2. The molecule has 0 atom stereocenters. The molecular formula is C17H15N3O3S. The number of fused-ring (bicyclic) bond motifs is 1. The summed E-state index contributed by atoms with van der Waals surface area (Å²) in [6.45, 7) is -0.131. The summed E-state index contributed by atoms with van der Waals surface area (Å²) in [5.41, 5.74) is 0.686. The molecule has 1 aromatic heterocycles. The van der Waals surface area contributed by atoms with Gasteiger partial charge in [-0.25, -0.2) is 9.88 Å². The van der Waals surface area contributed by atoms with Gasteiger partial charge in [0.05, 0.1) is 22.0 Å². The highest BCUT2D eigenvalue weighted by Gasteiger charge is 2.33. The maximum Gasteiger partial charge on any atom is 0.256 e. The summed E-state index contributed by atoms with van der Waals surface area (Å²) in [7, 11) is 1.55. The molecule has 2 heterocycles. The van der Waals surface area contributed by atoms with Crippen LogP contribution in [0.15, 0.2) is 53.7 Å². The van der Waals surface area contributed by atoms with Crippen molar-refractivity contribution in [1.29, 1.82) is 0 Å². The average Bonchev–Trinajstić information content (AvgIpc) is 2.69. The van der Waals surface area contributed by atoms with Gasteiger partial charge < -0.3 is 4.90 Å². The third kappa shape index (κ3) is 3.16. The maximum atomic E-state index is 12.6. The van der Waals surface area contributed by atoms with Crippen LogP contribution in [0.1, 0.15) is 10.4 Å². The predicted octanol–water partition coefficient (Wildman–Crippen LogP) is 1.82. The number of hydrogen-bond donors (Lipinski definition) is 0. The van der Waals surface area contributed by atoms with Crippen LogP contribution in [0.4, 0.5) is 5.69 Å². The number of nitrogens with zero attached hydrogens (tertiary/aromatic N) is 3. The van der Waals surface area contributed by atoms with Gasteiger partial charge in [-0.3, -0.25) is 14.4 Å². The predicted molar refractivity (Wildman–Crippen MR) is 90.9 cm³/mol. The Morgan fingerprint density at radius 3 is 2.67 bits per heavy atom. The lowest BCUT2D eigenvalue weighted by Crippen LogP contribution is -2.42. The third-order valence-electron chi connectivity index (χ3n) is 3.57. The van der Waals surface area contributed by atoms with Crippen molar-refractivity contribution < 1.29 is 14.4 Å². The van der Waals surface area contributed by atoms with Crippen molar-refractivity contribution in [1.82, 2.24) is 9.88 Å². The Hall–Kier alpha value is -2.67. The first kappa shape index (κ1) is 16.2. The minimum atomic E-state index is -0.414. The smallest absolute Gasteiger partial charge is 0.256 e. The minimum absolute atomic E-state index is 0.0645. The number of aromatic nitrogens is 1. The fourth-order valence-electron chi connectivity index (χ4n) is 2.44. The van der Waals surface area contributed by atoms with Crippen molar-refractivity contribution in [2.24, 2.45) is 0 Å². The van der Waals surface area contributed by atoms with Gasteiger partial charge in [0.15, 0.2) is 0 Å². The van der Waals surface area contributed by atoms with E-state index in [0.29, 0.717) is 16.3 Å². The number of imide groups is 1. The van der Waals surface area contributed by atoms with Crippen molar-refractivity contribution >= 4 is 35.2 Å². The Balaban J connectivity index is 1.88. The van der Waals surface area contributed by atoms with Crippen molar-refractivity contribution in [3.05, 3.63) is 54.2 Å². The highest BCUT2D eigenvalue weighted by molar-refractivity contribution is 7.99. The van der Waals surface area contributed by atoms with Crippen LogP contribution in [0.25, 0.3) is 0 Å². The quantitative estimate of drug-likeness (QED) is 0.797. The molecule has 1 aliphatic rings. The first-order chi connectivity index (χ1) is 11.6. The van der Waals surface area contributed by atoms with Crippen molar-refractivity contribution in [2.75, 3.05) is 24.2 Å². The van der Waals surface area contributed by atoms with Crippen molar-refractivity contribution in [3.63, 3.8) is 0 Å². The number of para-hydroxylation sites is 1. The van der Waals surface area contributed by atoms with Gasteiger partial charge >= 0.3 is 0 Å². The van der Waals surface area contributed by atoms with Gasteiger partial charge in [-0.05, 0) is 24.3 Å². The standard InChI is InChI=1S/C17H15N3O3S/c1-19-10-15(21)20(13-7-3-2-6-12(13)17(19)23)16(22)11-24-14-8-4-5-9-18-14/h2-9H,10-11H2,1H3. The zero-order valence-corrected chi connectivity index (χ0v) is 13.8. The second-order valence-electron chi connectivity index (χ2n) is 5.26. The number of hydrogen-bond acceptors (Lipinski definition) is 5. The van der Waals surface area contributed by atoms with Gasteiger partial charge in [0.25, 0.3) is 11.8 Å². The lowest BCUT2D eigenvalue weighted by molar-refractivity contribution is -0.125. The number of benzene rings is 1. The van der Waals surface area contributed by atoms with E-state index in [9.17, 15) is 14.4 Å². The zero-order valence-electron chi connectivity index (χ0n) is 13.0. The topological polar surface area (TPSA) is 70.6 Å². The Labute approximate surface area is 143 Å². The van der Waals surface area contributed by atoms with E-state index in [0.717, 1.165) is 4.90 Å². The lowest BCUT2D eigenvalue weighted by atomic mass is 10.1. The molecule has 0 N–H and O–H groups in total. The fraction of sp³-hybridized carbons (Fsp3) is 0.176. The van der Waals surface area contributed by atoms with Gasteiger partial charge in [0.1, 0.15) is 6.54 Å². The lowest BCUT2D eigenvalue weighted by Gasteiger charge is -2.20. The number of thioether (sulfide) groups is 1. The first-order valence-electron chi connectivity index (χ1n) is 7.32. The van der Waals surface area contributed by atoms with E-state index in [1.807, 2.05) is 6.07 Å². The minimum Gasteiger partial charge on any atom is -0.332 e. The molecule has 122 valence electrons. The summed E-state index contributed by atoms with van der Waals surface area (Å²) in [5.74, 6) is -0.991. The Morgan fingerprint density at radius 1 is 1.17 bits per heavy atom. The summed E-state index contributed by atoms with van der Waals surface area (Å²) in [5, 5.41) is 0.703. The Morgan fingerprint density at radius 2 is 1.92 bits per heavy atom. The molecule has 2 aromatic rings. The molecule has 0 saturated heterocycles. The second kappa shape index (κ2) is 6.84. The molecule has 0 unspecified atom stereocenters. The average molecular weight is 341 g/mol. The molecule has 1 aliphatic heterocycles. The number of likely N-dealkylation sites (N-methyl/N-ethyl adjacent to an activating group) is 1. The van der Waals surface area contributed by atoms with E-state index in [1.165, 1.54) is 16.7 Å². The summed E-state index contributed by atoms with van der Waals surface area (Å²) in [4.78, 5) is 44.0. The van der Waals surface area contributed by atoms with Crippen LogP contribution < -0.4 is 4.90 Å². The molecule has 24 heavy (non-hydrogen) atoms. The van der Waals surface area contributed by atoms with Gasteiger partial charge in [-0.15, -0.1) is 0 Å². The van der Waals surface area contributed by atoms with Gasteiger partial charge in [-0.1, -0.05) is 30.0 Å². The SMILES string of the molecule is CN1CC(=O)N(C(=O)CSc2ccccn2)c2ccccc2C1=O. The first-order valence-corrected chi connectivity index (χ1v) is 8.30. The van der Waals surface area contributed by atoms with Crippen LogP contribution in [0.3, 0.4) is 0 Å². The number of amides is 3. The number of pyridine rings is 1. The molecule has 3 rings (SSSR count). The van der Waals surface area contributed by atoms with Gasteiger partial charge in [-0.2, -0.15) is 0 Å². The van der Waals surface area contributed by atoms with Crippen LogP contribution in [0.5, 0.6) is 0 Å². The third-order valence-corrected chi connectivity index (χ3v) is 4.50. The molecule has 0 spiro atoms. The zero-order chi connectivity index (χ0) is 17.1. The Bertz CT molecular complexity index is 795. The number of carbonyl (C=O) groups is 3. The molecule has 1 aromatic carbocycles. The summed E-state index contributed by atoms with van der Waals surface area (Å²) in [6, 6.07) is 12.1. The molecule has 6 nitrogen and oxygen atoms in total. The van der Waals surface area contributed by atoms with Gasteiger partial charge in [0.2, 0.25) is 5.91 Å². The molecule has 7 heteroatoms. The Kier molecular flexibility index (Phi) is 4.61. The van der Waals surface area contributed by atoms with Crippen LogP contribution >= 0.6 is 11.8 Å². The summed E-state index contributed by atoms with van der Waals surface area (Å²) >= 11 is 1.25. The van der Waals surface area contributed by atoms with E-state index in [4.69, 9.17) is 0 Å². The fourth-order valence-corrected chi connectivity index (χ4v) is 3.15. The molecule has 3 amide bonds. The number of rotatable bonds is 3. The van der Waals surface area contributed by atoms with E-state index < -0.39 is 5.91 Å². The molecule has 0 saturated carbocycles. The van der Waals surface area contributed by atoms with Crippen LogP contribution in [-0.4, -0.2) is 47.0 Å². The summed E-state index contributed by atoms with van der Waals surface area (Å²) < 4.78 is 0. The number of anilines is 1.